The lowest BCUT2D eigenvalue weighted by Gasteiger charge is -2.35. The van der Waals surface area contributed by atoms with Crippen LogP contribution in [0.4, 0.5) is 10.1 Å². The second kappa shape index (κ2) is 11.3. The van der Waals surface area contributed by atoms with Crippen LogP contribution in [-0.4, -0.2) is 64.3 Å². The normalized spacial score (nSPS) is 14.7. The van der Waals surface area contributed by atoms with Gasteiger partial charge in [-0.3, -0.25) is 14.3 Å². The maximum absolute atomic E-state index is 15.1. The number of benzene rings is 2. The summed E-state index contributed by atoms with van der Waals surface area (Å²) in [4.78, 5) is 40.0. The summed E-state index contributed by atoms with van der Waals surface area (Å²) in [6.07, 6.45) is 4.21. The molecule has 0 aliphatic carbocycles. The van der Waals surface area contributed by atoms with Gasteiger partial charge in [0.15, 0.2) is 11.9 Å². The summed E-state index contributed by atoms with van der Waals surface area (Å²) < 4.78 is 18.0. The number of carboxylic acid groups (broad SMARTS) is 1. The van der Waals surface area contributed by atoms with Gasteiger partial charge < -0.3 is 15.3 Å². The minimum Gasteiger partial charge on any atom is -0.478 e. The molecule has 0 saturated carbocycles. The zero-order chi connectivity index (χ0) is 29.3. The van der Waals surface area contributed by atoms with Crippen molar-refractivity contribution in [1.82, 2.24) is 34.9 Å². The lowest BCUT2D eigenvalue weighted by atomic mass is 9.96. The smallest absolute Gasteiger partial charge is 0.335 e. The van der Waals surface area contributed by atoms with Crippen LogP contribution in [-0.2, 0) is 22.6 Å². The van der Waals surface area contributed by atoms with E-state index >= 15 is 4.39 Å². The van der Waals surface area contributed by atoms with Gasteiger partial charge in [-0.1, -0.05) is 11.6 Å². The van der Waals surface area contributed by atoms with E-state index in [0.717, 1.165) is 11.3 Å². The van der Waals surface area contributed by atoms with Crippen LogP contribution in [0.25, 0.3) is 11.8 Å². The topological polar surface area (TPSA) is 148 Å². The highest BCUT2D eigenvalue weighted by Crippen LogP contribution is 2.34. The Bertz CT molecular complexity index is 1670. The van der Waals surface area contributed by atoms with Gasteiger partial charge in [0.25, 0.3) is 5.91 Å². The summed E-state index contributed by atoms with van der Waals surface area (Å²) >= 11 is 6.01. The molecule has 2 N–H and O–H groups in total. The molecule has 0 spiro atoms. The molecule has 41 heavy (non-hydrogen) atoms. The van der Waals surface area contributed by atoms with Crippen molar-refractivity contribution < 1.29 is 23.9 Å². The van der Waals surface area contributed by atoms with Crippen LogP contribution in [0.2, 0.25) is 5.02 Å². The Morgan fingerprint density at radius 1 is 1.20 bits per heavy atom. The number of hydrogen-bond acceptors (Lipinski definition) is 7. The number of halogens is 2. The Kier molecular flexibility index (Phi) is 7.62. The maximum Gasteiger partial charge on any atom is 0.335 e. The zero-order valence-corrected chi connectivity index (χ0v) is 22.7. The first kappa shape index (κ1) is 27.6. The number of anilines is 1. The molecule has 4 aromatic rings. The van der Waals surface area contributed by atoms with E-state index < -0.39 is 29.6 Å². The number of rotatable bonds is 7. The first-order chi connectivity index (χ1) is 19.7. The number of nitrogens with one attached hydrogen (secondary N) is 1. The predicted octanol–water partition coefficient (Wildman–Crippen LogP) is 3.46. The molecule has 210 valence electrons. The molecule has 5 rings (SSSR count). The minimum atomic E-state index is -1.09. The van der Waals surface area contributed by atoms with Gasteiger partial charge in [0.2, 0.25) is 5.91 Å². The summed E-state index contributed by atoms with van der Waals surface area (Å²) in [5.74, 6) is -2.90. The summed E-state index contributed by atoms with van der Waals surface area (Å²) in [5, 5.41) is 27.3. The van der Waals surface area contributed by atoms with Crippen molar-refractivity contribution in [3.8, 4) is 5.69 Å². The molecule has 0 radical (unpaired) electrons. The fourth-order valence-electron chi connectivity index (χ4n) is 4.85. The number of aryl methyl sites for hydroxylation is 2. The number of aromatic nitrogens is 6. The number of carboxylic acids is 1. The monoisotopic (exact) mass is 578 g/mol. The number of carbonyl (C=O) groups is 3. The summed E-state index contributed by atoms with van der Waals surface area (Å²) in [6, 6.07) is 7.52. The molecule has 1 atom stereocenters. The number of nitrogens with zero attached hydrogens (tertiary/aromatic N) is 7. The summed E-state index contributed by atoms with van der Waals surface area (Å²) in [7, 11) is 0. The first-order valence-electron chi connectivity index (χ1n) is 12.6. The number of amides is 2. The fourth-order valence-corrected chi connectivity index (χ4v) is 5.01. The molecular weight excluding hydrogens is 555 g/mol. The van der Waals surface area contributed by atoms with E-state index in [1.807, 2.05) is 13.8 Å². The van der Waals surface area contributed by atoms with Gasteiger partial charge in [-0.2, -0.15) is 9.78 Å². The van der Waals surface area contributed by atoms with Gasteiger partial charge in [0, 0.05) is 36.0 Å². The number of aromatic carboxylic acids is 1. The number of tetrazole rings is 1. The Hall–Kier alpha value is -4.91. The lowest BCUT2D eigenvalue weighted by molar-refractivity contribution is -0.135. The van der Waals surface area contributed by atoms with Gasteiger partial charge in [0.1, 0.15) is 6.33 Å². The largest absolute Gasteiger partial charge is 0.478 e. The van der Waals surface area contributed by atoms with Crippen molar-refractivity contribution in [1.29, 1.82) is 0 Å². The number of carbonyl (C=O) groups excluding carboxylic acids is 2. The molecule has 0 fully saturated rings. The number of hydrogen-bond donors (Lipinski definition) is 2. The predicted molar refractivity (Wildman–Crippen MR) is 146 cm³/mol. The van der Waals surface area contributed by atoms with Crippen LogP contribution < -0.4 is 5.32 Å². The maximum atomic E-state index is 15.1. The average molecular weight is 579 g/mol. The highest BCUT2D eigenvalue weighted by atomic mass is 35.5. The lowest BCUT2D eigenvalue weighted by Crippen LogP contribution is -2.45. The van der Waals surface area contributed by atoms with E-state index in [2.05, 4.69) is 25.9 Å². The van der Waals surface area contributed by atoms with Gasteiger partial charge in [-0.25, -0.2) is 9.18 Å². The van der Waals surface area contributed by atoms with Crippen molar-refractivity contribution in [3.05, 3.63) is 87.7 Å². The Balaban J connectivity index is 1.50. The SMILES string of the molecule is CCn1nc(C)c2c1C(C(=O)Nc1ccc(C(=O)O)cc1)N(C(=O)/C=C/c1c(-n3cnnn3)ccc(Cl)c1F)CC2. The van der Waals surface area contributed by atoms with E-state index in [0.29, 0.717) is 24.3 Å². The van der Waals surface area contributed by atoms with Crippen LogP contribution in [0.15, 0.2) is 48.8 Å². The third-order valence-corrected chi connectivity index (χ3v) is 7.09. The third kappa shape index (κ3) is 5.31. The van der Waals surface area contributed by atoms with Crippen LogP contribution in [0.3, 0.4) is 0 Å². The van der Waals surface area contributed by atoms with E-state index in [9.17, 15) is 19.5 Å². The zero-order valence-electron chi connectivity index (χ0n) is 22.0. The minimum absolute atomic E-state index is 0.00943. The summed E-state index contributed by atoms with van der Waals surface area (Å²) in [5.41, 5.74) is 2.91. The molecule has 2 aromatic heterocycles. The quantitative estimate of drug-likeness (QED) is 0.317. The molecule has 0 bridgehead atoms. The van der Waals surface area contributed by atoms with Crippen molar-refractivity contribution in [2.75, 3.05) is 11.9 Å². The molecule has 1 aliphatic rings. The molecule has 12 nitrogen and oxygen atoms in total. The van der Waals surface area contributed by atoms with E-state index in [1.54, 1.807) is 4.68 Å². The third-order valence-electron chi connectivity index (χ3n) is 6.80. The Morgan fingerprint density at radius 3 is 2.61 bits per heavy atom. The Morgan fingerprint density at radius 2 is 1.95 bits per heavy atom. The van der Waals surface area contributed by atoms with Crippen molar-refractivity contribution >= 4 is 41.1 Å². The van der Waals surface area contributed by atoms with Crippen molar-refractivity contribution in [2.45, 2.75) is 32.9 Å². The van der Waals surface area contributed by atoms with Crippen LogP contribution >= 0.6 is 11.6 Å². The first-order valence-corrected chi connectivity index (χ1v) is 13.0. The summed E-state index contributed by atoms with van der Waals surface area (Å²) in [6.45, 7) is 4.41. The standard InChI is InChI=1S/C27H24ClFN8O4/c1-3-36-24-18(15(2)32-36)12-13-35(25(24)26(39)31-17-6-4-16(5-7-17)27(40)41)22(38)11-8-19-21(37-14-30-33-34-37)10-9-20(28)23(19)29/h4-11,14,25H,3,12-13H2,1-2H3,(H,31,39)(H,40,41)/b11-8+. The highest BCUT2D eigenvalue weighted by Gasteiger charge is 2.39. The average Bonchev–Trinajstić information content (AvgIpc) is 3.61. The molecule has 1 aliphatic heterocycles. The second-order valence-electron chi connectivity index (χ2n) is 9.20. The molecular formula is C27H24ClFN8O4. The Labute approximate surface area is 238 Å². The molecule has 2 aromatic carbocycles. The van der Waals surface area contributed by atoms with Crippen molar-refractivity contribution in [2.24, 2.45) is 0 Å². The second-order valence-corrected chi connectivity index (χ2v) is 9.61. The molecule has 3 heterocycles. The van der Waals surface area contributed by atoms with E-state index in [-0.39, 0.29) is 28.4 Å². The molecule has 1 unspecified atom stereocenters. The molecule has 2 amide bonds. The van der Waals surface area contributed by atoms with Crippen LogP contribution in [0, 0.1) is 12.7 Å². The van der Waals surface area contributed by atoms with Crippen LogP contribution in [0.5, 0.6) is 0 Å². The van der Waals surface area contributed by atoms with E-state index in [4.69, 9.17) is 11.6 Å². The van der Waals surface area contributed by atoms with Crippen LogP contribution in [0.1, 0.15) is 45.8 Å². The molecule has 0 saturated heterocycles. The van der Waals surface area contributed by atoms with Gasteiger partial charge in [-0.15, -0.1) is 5.10 Å². The van der Waals surface area contributed by atoms with Gasteiger partial charge >= 0.3 is 5.97 Å². The van der Waals surface area contributed by atoms with Gasteiger partial charge in [0.05, 0.1) is 27.7 Å². The van der Waals surface area contributed by atoms with E-state index in [1.165, 1.54) is 64.5 Å². The number of fused-ring (bicyclic) bond motifs is 1. The highest BCUT2D eigenvalue weighted by molar-refractivity contribution is 6.31. The molecule has 14 heteroatoms. The van der Waals surface area contributed by atoms with Gasteiger partial charge in [-0.05, 0) is 73.2 Å². The fraction of sp³-hybridized carbons (Fsp3) is 0.222. The van der Waals surface area contributed by atoms with Crippen molar-refractivity contribution in [3.63, 3.8) is 0 Å².